The van der Waals surface area contributed by atoms with E-state index in [2.05, 4.69) is 16.0 Å². The predicted molar refractivity (Wildman–Crippen MR) is 130 cm³/mol. The Hall–Kier alpha value is -3.72. The fourth-order valence-electron chi connectivity index (χ4n) is 3.58. The van der Waals surface area contributed by atoms with Crippen LogP contribution in [0.4, 0.5) is 0 Å². The van der Waals surface area contributed by atoms with Crippen molar-refractivity contribution in [1.82, 2.24) is 9.97 Å². The second-order valence-electron chi connectivity index (χ2n) is 10.3. The second-order valence-corrected chi connectivity index (χ2v) is 10.3. The Morgan fingerprint density at radius 2 is 1.50 bits per heavy atom. The summed E-state index contributed by atoms with van der Waals surface area (Å²) < 4.78 is 11.6. The van der Waals surface area contributed by atoms with Crippen molar-refractivity contribution in [3.8, 4) is 17.6 Å². The summed E-state index contributed by atoms with van der Waals surface area (Å²) in [6.45, 7) is 11.9. The zero-order valence-electron chi connectivity index (χ0n) is 20.6. The van der Waals surface area contributed by atoms with Crippen LogP contribution in [0.25, 0.3) is 0 Å². The van der Waals surface area contributed by atoms with Crippen LogP contribution in [-0.2, 0) is 14.9 Å². The highest BCUT2D eigenvalue weighted by molar-refractivity contribution is 5.79. The Kier molecular flexibility index (Phi) is 7.36. The van der Waals surface area contributed by atoms with Crippen LogP contribution in [0.1, 0.15) is 70.5 Å². The molecule has 2 unspecified atom stereocenters. The molecule has 0 saturated carbocycles. The molecule has 0 bridgehead atoms. The molecule has 3 aromatic rings. The highest BCUT2D eigenvalue weighted by Crippen LogP contribution is 2.37. The van der Waals surface area contributed by atoms with Crippen LogP contribution < -0.4 is 4.74 Å². The molecule has 0 N–H and O–H groups in total. The minimum Gasteiger partial charge on any atom is -0.457 e. The van der Waals surface area contributed by atoms with Gasteiger partial charge in [-0.15, -0.1) is 0 Å². The van der Waals surface area contributed by atoms with Crippen molar-refractivity contribution < 1.29 is 14.3 Å². The standard InChI is InChI=1S/C28H31N3O3/c1-27(2,3)24(20-17-30-26(31-18-20)28(4,5)6)25(32)34-23(16-29)19-11-10-14-22(15-19)33-21-12-8-7-9-13-21/h7-15,17-18,23-24H,1-6H3. The molecule has 34 heavy (non-hydrogen) atoms. The number of rotatable bonds is 6. The summed E-state index contributed by atoms with van der Waals surface area (Å²) in [4.78, 5) is 22.3. The first-order chi connectivity index (χ1) is 16.0. The second kappa shape index (κ2) is 10.0. The van der Waals surface area contributed by atoms with Crippen LogP contribution in [0.2, 0.25) is 0 Å². The number of aromatic nitrogens is 2. The zero-order valence-corrected chi connectivity index (χ0v) is 20.6. The average molecular weight is 458 g/mol. The van der Waals surface area contributed by atoms with Crippen LogP contribution in [0, 0.1) is 16.7 Å². The van der Waals surface area contributed by atoms with E-state index in [1.807, 2.05) is 71.9 Å². The number of benzene rings is 2. The van der Waals surface area contributed by atoms with Gasteiger partial charge in [0.05, 0.1) is 5.92 Å². The molecule has 0 spiro atoms. The van der Waals surface area contributed by atoms with Gasteiger partial charge in [-0.3, -0.25) is 4.79 Å². The topological polar surface area (TPSA) is 85.1 Å². The average Bonchev–Trinajstić information content (AvgIpc) is 2.77. The Morgan fingerprint density at radius 3 is 2.06 bits per heavy atom. The number of hydrogen-bond donors (Lipinski definition) is 0. The monoisotopic (exact) mass is 457 g/mol. The number of carbonyl (C=O) groups is 1. The summed E-state index contributed by atoms with van der Waals surface area (Å²) >= 11 is 0. The number of para-hydroxylation sites is 1. The van der Waals surface area contributed by atoms with Crippen molar-refractivity contribution in [1.29, 1.82) is 5.26 Å². The van der Waals surface area contributed by atoms with Crippen molar-refractivity contribution in [2.45, 2.75) is 59.0 Å². The number of nitriles is 1. The maximum Gasteiger partial charge on any atom is 0.315 e. The third kappa shape index (κ3) is 6.20. The van der Waals surface area contributed by atoms with Crippen molar-refractivity contribution in [2.75, 3.05) is 0 Å². The molecule has 0 aliphatic heterocycles. The minimum absolute atomic E-state index is 0.199. The molecule has 0 fully saturated rings. The van der Waals surface area contributed by atoms with E-state index in [0.717, 1.165) is 0 Å². The molecule has 0 radical (unpaired) electrons. The van der Waals surface area contributed by atoms with Gasteiger partial charge in [0.1, 0.15) is 23.4 Å². The maximum absolute atomic E-state index is 13.3. The molecule has 2 aromatic carbocycles. The maximum atomic E-state index is 13.3. The van der Waals surface area contributed by atoms with E-state index in [9.17, 15) is 10.1 Å². The molecule has 1 aromatic heterocycles. The van der Waals surface area contributed by atoms with Gasteiger partial charge in [-0.25, -0.2) is 9.97 Å². The number of carbonyl (C=O) groups excluding carboxylic acids is 1. The number of esters is 1. The lowest BCUT2D eigenvalue weighted by molar-refractivity contribution is -0.151. The van der Waals surface area contributed by atoms with Gasteiger partial charge in [-0.2, -0.15) is 5.26 Å². The van der Waals surface area contributed by atoms with E-state index in [1.165, 1.54) is 0 Å². The lowest BCUT2D eigenvalue weighted by Crippen LogP contribution is -2.30. The first-order valence-electron chi connectivity index (χ1n) is 11.2. The first kappa shape index (κ1) is 24.9. The van der Waals surface area contributed by atoms with E-state index in [0.29, 0.717) is 28.5 Å². The lowest BCUT2D eigenvalue weighted by Gasteiger charge is -2.30. The Morgan fingerprint density at radius 1 is 0.882 bits per heavy atom. The highest BCUT2D eigenvalue weighted by atomic mass is 16.5. The first-order valence-corrected chi connectivity index (χ1v) is 11.2. The zero-order chi connectivity index (χ0) is 24.9. The van der Waals surface area contributed by atoms with E-state index in [4.69, 9.17) is 9.47 Å². The molecule has 0 amide bonds. The molecule has 6 heteroatoms. The quantitative estimate of drug-likeness (QED) is 0.393. The summed E-state index contributed by atoms with van der Waals surface area (Å²) in [5.74, 6) is 0.791. The summed E-state index contributed by atoms with van der Waals surface area (Å²) in [5, 5.41) is 9.80. The summed E-state index contributed by atoms with van der Waals surface area (Å²) in [7, 11) is 0. The minimum atomic E-state index is -1.08. The SMILES string of the molecule is CC(C)(C)c1ncc(C(C(=O)OC(C#N)c2cccc(Oc3ccccc3)c2)C(C)(C)C)cn1. The number of hydrogen-bond acceptors (Lipinski definition) is 6. The normalized spacial score (nSPS) is 13.4. The predicted octanol–water partition coefficient (Wildman–Crippen LogP) is 6.50. The van der Waals surface area contributed by atoms with E-state index < -0.39 is 23.4 Å². The number of ether oxygens (including phenoxy) is 2. The summed E-state index contributed by atoms with van der Waals surface area (Å²) in [6.07, 6.45) is 2.28. The molecule has 6 nitrogen and oxygen atoms in total. The largest absolute Gasteiger partial charge is 0.457 e. The summed E-state index contributed by atoms with van der Waals surface area (Å²) in [6, 6.07) is 18.5. The van der Waals surface area contributed by atoms with Gasteiger partial charge < -0.3 is 9.47 Å². The lowest BCUT2D eigenvalue weighted by atomic mass is 9.77. The third-order valence-corrected chi connectivity index (χ3v) is 5.27. The van der Waals surface area contributed by atoms with Crippen molar-refractivity contribution >= 4 is 5.97 Å². The Labute approximate surface area is 201 Å². The molecule has 0 saturated heterocycles. The van der Waals surface area contributed by atoms with E-state index in [1.54, 1.807) is 36.7 Å². The Bertz CT molecular complexity index is 1150. The van der Waals surface area contributed by atoms with Gasteiger partial charge in [0.2, 0.25) is 6.10 Å². The van der Waals surface area contributed by atoms with Crippen molar-refractivity contribution in [2.24, 2.45) is 5.41 Å². The van der Waals surface area contributed by atoms with Crippen LogP contribution in [-0.4, -0.2) is 15.9 Å². The molecule has 0 aliphatic rings. The van der Waals surface area contributed by atoms with E-state index in [-0.39, 0.29) is 5.41 Å². The molecule has 2 atom stereocenters. The molecule has 3 rings (SSSR count). The van der Waals surface area contributed by atoms with Gasteiger partial charge in [0, 0.05) is 28.9 Å². The molecular weight excluding hydrogens is 426 g/mol. The fraction of sp³-hybridized carbons (Fsp3) is 0.357. The van der Waals surface area contributed by atoms with E-state index >= 15 is 0 Å². The third-order valence-electron chi connectivity index (χ3n) is 5.27. The van der Waals surface area contributed by atoms with Crippen molar-refractivity contribution in [3.63, 3.8) is 0 Å². The van der Waals surface area contributed by atoms with Crippen LogP contribution in [0.3, 0.4) is 0 Å². The van der Waals surface area contributed by atoms with Crippen LogP contribution >= 0.6 is 0 Å². The van der Waals surface area contributed by atoms with Gasteiger partial charge in [0.25, 0.3) is 0 Å². The fourth-order valence-corrected chi connectivity index (χ4v) is 3.58. The molecule has 0 aliphatic carbocycles. The highest BCUT2D eigenvalue weighted by Gasteiger charge is 2.36. The Balaban J connectivity index is 1.83. The van der Waals surface area contributed by atoms with Crippen molar-refractivity contribution in [3.05, 3.63) is 83.9 Å². The molecule has 1 heterocycles. The molecule has 176 valence electrons. The molecular formula is C28H31N3O3. The van der Waals surface area contributed by atoms with Gasteiger partial charge in [-0.05, 0) is 29.7 Å². The summed E-state index contributed by atoms with van der Waals surface area (Å²) in [5.41, 5.74) is 0.524. The van der Waals surface area contributed by atoms with Gasteiger partial charge >= 0.3 is 5.97 Å². The van der Waals surface area contributed by atoms with Gasteiger partial charge in [-0.1, -0.05) is 71.9 Å². The van der Waals surface area contributed by atoms with Crippen LogP contribution in [0.15, 0.2) is 67.0 Å². The number of nitrogens with zero attached hydrogens (tertiary/aromatic N) is 3. The van der Waals surface area contributed by atoms with Gasteiger partial charge in [0.15, 0.2) is 0 Å². The van der Waals surface area contributed by atoms with Crippen LogP contribution in [0.5, 0.6) is 11.5 Å². The smallest absolute Gasteiger partial charge is 0.315 e.